The Morgan fingerprint density at radius 1 is 0.857 bits per heavy atom. The zero-order chi connectivity index (χ0) is 19.8. The highest BCUT2D eigenvalue weighted by atomic mass is 32.2. The molecule has 4 nitrogen and oxygen atoms in total. The molecule has 0 aliphatic rings. The van der Waals surface area contributed by atoms with Gasteiger partial charge in [0.2, 0.25) is 5.91 Å². The molecule has 142 valence electrons. The molecule has 0 aromatic heterocycles. The Balaban J connectivity index is 1.89. The molecule has 3 rings (SSSR count). The highest BCUT2D eigenvalue weighted by Gasteiger charge is 2.22. The van der Waals surface area contributed by atoms with Crippen molar-refractivity contribution in [3.63, 3.8) is 0 Å². The second-order valence-corrected chi connectivity index (χ2v) is 7.12. The molecule has 5 heteroatoms. The minimum Gasteiger partial charge on any atom is -0.465 e. The lowest BCUT2D eigenvalue weighted by Crippen LogP contribution is -2.33. The number of amides is 1. The zero-order valence-corrected chi connectivity index (χ0v) is 16.4. The first-order valence-electron chi connectivity index (χ1n) is 8.88. The second-order valence-electron chi connectivity index (χ2n) is 6.08. The molecule has 0 saturated carbocycles. The Labute approximate surface area is 169 Å². The van der Waals surface area contributed by atoms with Gasteiger partial charge in [0.1, 0.15) is 0 Å². The minimum absolute atomic E-state index is 0.0749. The SMILES string of the molecule is COC(=O)c1ccccc1N(Cc1ccccc1)C(=O)CSc1ccccc1. The number of carbonyl (C=O) groups is 2. The lowest BCUT2D eigenvalue weighted by molar-refractivity contribution is -0.116. The summed E-state index contributed by atoms with van der Waals surface area (Å²) in [5.41, 5.74) is 1.91. The number of hydrogen-bond acceptors (Lipinski definition) is 4. The van der Waals surface area contributed by atoms with Crippen molar-refractivity contribution >= 4 is 29.3 Å². The predicted molar refractivity (Wildman–Crippen MR) is 113 cm³/mol. The quantitative estimate of drug-likeness (QED) is 0.429. The van der Waals surface area contributed by atoms with Crippen LogP contribution in [0, 0.1) is 0 Å². The van der Waals surface area contributed by atoms with Crippen LogP contribution in [0.25, 0.3) is 0 Å². The van der Waals surface area contributed by atoms with E-state index in [4.69, 9.17) is 4.74 Å². The van der Waals surface area contributed by atoms with Crippen molar-refractivity contribution in [1.82, 2.24) is 0 Å². The standard InChI is InChI=1S/C23H21NO3S/c1-27-23(26)20-14-8-9-15-21(20)24(16-18-10-4-2-5-11-18)22(25)17-28-19-12-6-3-7-13-19/h2-15H,16-17H2,1H3. The molecule has 0 aliphatic heterocycles. The predicted octanol–water partition coefficient (Wildman–Crippen LogP) is 4.80. The summed E-state index contributed by atoms with van der Waals surface area (Å²) in [7, 11) is 1.34. The number of hydrogen-bond donors (Lipinski definition) is 0. The summed E-state index contributed by atoms with van der Waals surface area (Å²) >= 11 is 1.47. The lowest BCUT2D eigenvalue weighted by atomic mass is 10.1. The molecule has 0 radical (unpaired) electrons. The highest BCUT2D eigenvalue weighted by Crippen LogP contribution is 2.26. The molecule has 0 bridgehead atoms. The van der Waals surface area contributed by atoms with Gasteiger partial charge in [-0.3, -0.25) is 4.79 Å². The van der Waals surface area contributed by atoms with E-state index in [1.165, 1.54) is 18.9 Å². The van der Waals surface area contributed by atoms with Crippen molar-refractivity contribution in [2.75, 3.05) is 17.8 Å². The number of para-hydroxylation sites is 1. The molecule has 0 unspecified atom stereocenters. The van der Waals surface area contributed by atoms with Gasteiger partial charge in [0.15, 0.2) is 0 Å². The molecule has 0 fully saturated rings. The number of carbonyl (C=O) groups excluding carboxylic acids is 2. The molecule has 0 spiro atoms. The number of rotatable bonds is 7. The summed E-state index contributed by atoms with van der Waals surface area (Å²) in [5, 5.41) is 0. The van der Waals surface area contributed by atoms with Gasteiger partial charge in [-0.25, -0.2) is 4.79 Å². The van der Waals surface area contributed by atoms with Crippen LogP contribution in [0.15, 0.2) is 89.8 Å². The maximum absolute atomic E-state index is 13.1. The van der Waals surface area contributed by atoms with E-state index in [9.17, 15) is 9.59 Å². The average Bonchev–Trinajstić information content (AvgIpc) is 2.76. The van der Waals surface area contributed by atoms with Gasteiger partial charge in [-0.1, -0.05) is 60.7 Å². The van der Waals surface area contributed by atoms with E-state index in [1.54, 1.807) is 23.1 Å². The minimum atomic E-state index is -0.461. The van der Waals surface area contributed by atoms with Crippen molar-refractivity contribution in [2.45, 2.75) is 11.4 Å². The Kier molecular flexibility index (Phi) is 6.87. The van der Waals surface area contributed by atoms with Crippen molar-refractivity contribution in [3.8, 4) is 0 Å². The van der Waals surface area contributed by atoms with E-state index < -0.39 is 5.97 Å². The molecule has 3 aromatic carbocycles. The van der Waals surface area contributed by atoms with Crippen molar-refractivity contribution < 1.29 is 14.3 Å². The van der Waals surface area contributed by atoms with E-state index in [0.29, 0.717) is 17.8 Å². The average molecular weight is 391 g/mol. The summed E-state index contributed by atoms with van der Waals surface area (Å²) in [4.78, 5) is 28.0. The van der Waals surface area contributed by atoms with Gasteiger partial charge in [-0.05, 0) is 29.8 Å². The van der Waals surface area contributed by atoms with Crippen molar-refractivity contribution in [1.29, 1.82) is 0 Å². The van der Waals surface area contributed by atoms with Crippen LogP contribution in [0.2, 0.25) is 0 Å². The van der Waals surface area contributed by atoms with Gasteiger partial charge in [0, 0.05) is 4.90 Å². The summed E-state index contributed by atoms with van der Waals surface area (Å²) in [6.45, 7) is 0.378. The number of ether oxygens (including phenoxy) is 1. The zero-order valence-electron chi connectivity index (χ0n) is 15.6. The molecular formula is C23H21NO3S. The van der Waals surface area contributed by atoms with Crippen LogP contribution in [0.1, 0.15) is 15.9 Å². The van der Waals surface area contributed by atoms with Crippen LogP contribution in [0.3, 0.4) is 0 Å². The fourth-order valence-electron chi connectivity index (χ4n) is 2.80. The van der Waals surface area contributed by atoms with E-state index in [2.05, 4.69) is 0 Å². The van der Waals surface area contributed by atoms with Gasteiger partial charge in [0.25, 0.3) is 0 Å². The van der Waals surface area contributed by atoms with Crippen molar-refractivity contribution in [3.05, 3.63) is 96.1 Å². The van der Waals surface area contributed by atoms with Crippen LogP contribution in [-0.4, -0.2) is 24.7 Å². The Hall–Kier alpha value is -3.05. The number of nitrogens with zero attached hydrogens (tertiary/aromatic N) is 1. The summed E-state index contributed by atoms with van der Waals surface area (Å²) in [6.07, 6.45) is 0. The topological polar surface area (TPSA) is 46.6 Å². The molecule has 0 atom stereocenters. The largest absolute Gasteiger partial charge is 0.465 e. The van der Waals surface area contributed by atoms with Crippen LogP contribution in [-0.2, 0) is 16.1 Å². The molecule has 28 heavy (non-hydrogen) atoms. The van der Waals surface area contributed by atoms with Gasteiger partial charge in [-0.15, -0.1) is 11.8 Å². The third kappa shape index (κ3) is 5.02. The first-order valence-corrected chi connectivity index (χ1v) is 9.87. The van der Waals surface area contributed by atoms with Gasteiger partial charge >= 0.3 is 5.97 Å². The van der Waals surface area contributed by atoms with E-state index in [0.717, 1.165) is 10.5 Å². The van der Waals surface area contributed by atoms with Gasteiger partial charge < -0.3 is 9.64 Å². The number of benzene rings is 3. The van der Waals surface area contributed by atoms with Crippen LogP contribution < -0.4 is 4.90 Å². The first-order chi connectivity index (χ1) is 13.7. The van der Waals surface area contributed by atoms with Gasteiger partial charge in [0.05, 0.1) is 30.7 Å². The van der Waals surface area contributed by atoms with Gasteiger partial charge in [-0.2, -0.15) is 0 Å². The lowest BCUT2D eigenvalue weighted by Gasteiger charge is -2.25. The Bertz CT molecular complexity index is 929. The van der Waals surface area contributed by atoms with Crippen LogP contribution in [0.5, 0.6) is 0 Å². The van der Waals surface area contributed by atoms with E-state index >= 15 is 0 Å². The van der Waals surface area contributed by atoms with Crippen LogP contribution in [0.4, 0.5) is 5.69 Å². The number of esters is 1. The molecule has 1 amide bonds. The third-order valence-electron chi connectivity index (χ3n) is 4.19. The number of thioether (sulfide) groups is 1. The number of anilines is 1. The van der Waals surface area contributed by atoms with E-state index in [-0.39, 0.29) is 11.7 Å². The highest BCUT2D eigenvalue weighted by molar-refractivity contribution is 8.00. The third-order valence-corrected chi connectivity index (χ3v) is 5.19. The Morgan fingerprint density at radius 3 is 2.14 bits per heavy atom. The molecule has 0 heterocycles. The van der Waals surface area contributed by atoms with E-state index in [1.807, 2.05) is 66.7 Å². The summed E-state index contributed by atoms with van der Waals surface area (Å²) in [6, 6.07) is 26.5. The summed E-state index contributed by atoms with van der Waals surface area (Å²) < 4.78 is 4.90. The first kappa shape index (κ1) is 19.7. The smallest absolute Gasteiger partial charge is 0.339 e. The Morgan fingerprint density at radius 2 is 1.46 bits per heavy atom. The molecule has 0 saturated heterocycles. The second kappa shape index (κ2) is 9.76. The molecule has 0 N–H and O–H groups in total. The molecular weight excluding hydrogens is 370 g/mol. The molecule has 0 aliphatic carbocycles. The fraction of sp³-hybridized carbons (Fsp3) is 0.130. The maximum atomic E-state index is 13.1. The fourth-order valence-corrected chi connectivity index (χ4v) is 3.60. The summed E-state index contributed by atoms with van der Waals surface area (Å²) in [5.74, 6) is -0.266. The number of methoxy groups -OCH3 is 1. The van der Waals surface area contributed by atoms with Crippen LogP contribution >= 0.6 is 11.8 Å². The maximum Gasteiger partial charge on any atom is 0.339 e. The normalized spacial score (nSPS) is 10.3. The molecule has 3 aromatic rings. The van der Waals surface area contributed by atoms with Crippen molar-refractivity contribution in [2.24, 2.45) is 0 Å². The monoisotopic (exact) mass is 391 g/mol.